The van der Waals surface area contributed by atoms with Crippen LogP contribution in [0.1, 0.15) is 46.3 Å². The fourth-order valence-electron chi connectivity index (χ4n) is 4.47. The molecule has 7 unspecified atom stereocenters. The first-order valence-electron chi connectivity index (χ1n) is 15.4. The Hall–Kier alpha value is -1.76. The molecule has 0 radical (unpaired) electrons. The summed E-state index contributed by atoms with van der Waals surface area (Å²) in [7, 11) is -13.2. The number of phosphoric acid groups is 3. The number of nitrogens with zero attached hydrogens (tertiary/aromatic N) is 4. The highest BCUT2D eigenvalue weighted by molar-refractivity contribution is 8.76. The van der Waals surface area contributed by atoms with Crippen LogP contribution in [-0.4, -0.2) is 122 Å². The third-order valence-electron chi connectivity index (χ3n) is 6.92. The number of aliphatic hydroxyl groups is 2. The number of nitrogens with two attached hydrogens (primary N) is 1. The molecule has 0 aliphatic carbocycles. The Balaban J connectivity index is 1.54. The van der Waals surface area contributed by atoms with Gasteiger partial charge in [0.05, 0.1) is 12.9 Å². The summed E-state index contributed by atoms with van der Waals surface area (Å²) in [5.41, 5.74) is 3.66. The summed E-state index contributed by atoms with van der Waals surface area (Å²) in [5, 5.41) is 26.3. The average molecular weight is 842 g/mol. The van der Waals surface area contributed by atoms with Crippen LogP contribution in [0.2, 0.25) is 0 Å². The normalized spacial score (nSPS) is 22.5. The van der Waals surface area contributed by atoms with Crippen molar-refractivity contribution < 1.29 is 75.7 Å². The molecule has 3 rings (SSSR count). The zero-order valence-electron chi connectivity index (χ0n) is 28.0. The number of imidazole rings is 1. The van der Waals surface area contributed by atoms with Crippen LogP contribution < -0.4 is 16.4 Å². The summed E-state index contributed by atoms with van der Waals surface area (Å²) in [6.45, 7) is 3.16. The maximum atomic E-state index is 12.7. The van der Waals surface area contributed by atoms with Gasteiger partial charge in [-0.2, -0.15) is 4.31 Å². The van der Waals surface area contributed by atoms with E-state index in [0.717, 1.165) is 49.7 Å². The molecule has 2 aromatic rings. The number of fused-ring (bicyclic) bond motifs is 1. The van der Waals surface area contributed by atoms with Gasteiger partial charge in [0.15, 0.2) is 23.8 Å². The molecule has 10 N–H and O–H groups in total. The molecule has 0 spiro atoms. The molecule has 1 aliphatic heterocycles. The Morgan fingerprint density at radius 2 is 1.77 bits per heavy atom. The molecule has 2 amide bonds. The van der Waals surface area contributed by atoms with Gasteiger partial charge >= 0.3 is 23.5 Å². The van der Waals surface area contributed by atoms with Gasteiger partial charge in [0.25, 0.3) is 5.91 Å². The Bertz CT molecular complexity index is 1670. The number of nitrogen functional groups attached to an aromatic ring is 1. The van der Waals surface area contributed by atoms with Crippen LogP contribution in [-0.2, 0) is 45.9 Å². The van der Waals surface area contributed by atoms with Crippen molar-refractivity contribution in [2.24, 2.45) is 0 Å². The van der Waals surface area contributed by atoms with E-state index in [1.54, 1.807) is 21.6 Å². The number of phosphoric ester groups is 3. The number of aromatic nitrogens is 4. The van der Waals surface area contributed by atoms with E-state index < -0.39 is 72.2 Å². The quantitative estimate of drug-likeness (QED) is 0.0438. The van der Waals surface area contributed by atoms with Crippen LogP contribution in [0, 0.1) is 0 Å². The van der Waals surface area contributed by atoms with E-state index >= 15 is 0 Å². The number of nitrogens with one attached hydrogen (secondary N) is 2. The number of anilines is 1. The van der Waals surface area contributed by atoms with Gasteiger partial charge in [-0.25, -0.2) is 28.6 Å². The molecular formula is C24H42N7O16P3S2. The van der Waals surface area contributed by atoms with Gasteiger partial charge in [-0.15, -0.1) is 0 Å². The minimum Gasteiger partial charge on any atom is -0.386 e. The fraction of sp³-hybridized carbons (Fsp3) is 0.708. The number of rotatable bonds is 22. The minimum atomic E-state index is -5.63. The molecule has 1 fully saturated rings. The fourth-order valence-corrected chi connectivity index (χ4v) is 9.58. The Morgan fingerprint density at radius 3 is 2.44 bits per heavy atom. The van der Waals surface area contributed by atoms with E-state index in [4.69, 9.17) is 19.5 Å². The number of ether oxygens (including phenoxy) is 1. The zero-order valence-corrected chi connectivity index (χ0v) is 32.3. The molecule has 3 heterocycles. The van der Waals surface area contributed by atoms with Crippen molar-refractivity contribution >= 4 is 73.9 Å². The molecular weight excluding hydrogens is 799 g/mol. The van der Waals surface area contributed by atoms with Crippen molar-refractivity contribution in [3.05, 3.63) is 12.7 Å². The second kappa shape index (κ2) is 19.2. The molecule has 7 atom stereocenters. The summed E-state index contributed by atoms with van der Waals surface area (Å²) < 4.78 is 62.2. The standard InChI is InChI=1S/C24H42N7O16P3S2/c1-4-5-9-51-52-10-8-26-15(32)6-7-27-22(35)19(34)24(2,3)46-50(41,42)47-49(39,40)43-11-14-18(45-48(36,37)38)17(33)23(44-14)31-13-30-16-20(25)28-12-29-21(16)31/h12-14,17-19,23,33-34H,4-11H2,1-3H3,(H,26,32)(H,27,35)(H,39,40)(H,41,42)(H2,25,28,29)(H2,36,37,38). The number of amides is 2. The predicted molar refractivity (Wildman–Crippen MR) is 185 cm³/mol. The van der Waals surface area contributed by atoms with Crippen molar-refractivity contribution in [2.45, 2.75) is 76.3 Å². The predicted octanol–water partition coefficient (Wildman–Crippen LogP) is 0.339. The van der Waals surface area contributed by atoms with Crippen LogP contribution in [0.3, 0.4) is 0 Å². The summed E-state index contributed by atoms with van der Waals surface area (Å²) in [5.74, 6) is 0.190. The van der Waals surface area contributed by atoms with Crippen LogP contribution in [0.5, 0.6) is 0 Å². The second-order valence-electron chi connectivity index (χ2n) is 11.5. The molecule has 52 heavy (non-hydrogen) atoms. The van der Waals surface area contributed by atoms with Crippen molar-refractivity contribution in [3.8, 4) is 0 Å². The molecule has 0 bridgehead atoms. The lowest BCUT2D eigenvalue weighted by Gasteiger charge is -2.31. The lowest BCUT2D eigenvalue weighted by molar-refractivity contribution is -0.140. The first kappa shape index (κ1) is 44.6. The third kappa shape index (κ3) is 13.5. The van der Waals surface area contributed by atoms with Crippen LogP contribution in [0.4, 0.5) is 5.82 Å². The second-order valence-corrected chi connectivity index (χ2v) is 18.4. The Morgan fingerprint density at radius 1 is 1.08 bits per heavy atom. The van der Waals surface area contributed by atoms with Gasteiger partial charge in [-0.05, 0) is 20.3 Å². The van der Waals surface area contributed by atoms with Gasteiger partial charge in [-0.1, -0.05) is 34.9 Å². The van der Waals surface area contributed by atoms with E-state index in [0.29, 0.717) is 12.3 Å². The molecule has 2 aromatic heterocycles. The van der Waals surface area contributed by atoms with Gasteiger partial charge < -0.3 is 50.9 Å². The first-order chi connectivity index (χ1) is 24.2. The number of carbonyl (C=O) groups excluding carboxylic acids is 2. The average Bonchev–Trinajstić information content (AvgIpc) is 3.58. The monoisotopic (exact) mass is 841 g/mol. The molecule has 0 saturated carbocycles. The van der Waals surface area contributed by atoms with Gasteiger partial charge in [-0.3, -0.25) is 27.7 Å². The van der Waals surface area contributed by atoms with Gasteiger partial charge in [0.2, 0.25) is 5.91 Å². The van der Waals surface area contributed by atoms with Crippen molar-refractivity contribution in [2.75, 3.05) is 36.9 Å². The molecule has 28 heteroatoms. The van der Waals surface area contributed by atoms with Gasteiger partial charge in [0, 0.05) is 31.0 Å². The summed E-state index contributed by atoms with van der Waals surface area (Å²) in [6, 6.07) is 0. The number of unbranched alkanes of at least 4 members (excludes halogenated alkanes) is 1. The van der Waals surface area contributed by atoms with Crippen LogP contribution in [0.15, 0.2) is 12.7 Å². The largest absolute Gasteiger partial charge is 0.481 e. The van der Waals surface area contributed by atoms with E-state index in [2.05, 4.69) is 41.3 Å². The molecule has 296 valence electrons. The number of hydrogen-bond donors (Lipinski definition) is 9. The lowest BCUT2D eigenvalue weighted by atomic mass is 10.0. The molecule has 23 nitrogen and oxygen atoms in total. The van der Waals surface area contributed by atoms with E-state index in [9.17, 15) is 53.1 Å². The van der Waals surface area contributed by atoms with Crippen molar-refractivity contribution in [1.29, 1.82) is 0 Å². The zero-order chi connectivity index (χ0) is 38.9. The van der Waals surface area contributed by atoms with E-state index in [1.165, 1.54) is 0 Å². The maximum Gasteiger partial charge on any atom is 0.481 e. The number of hydrogen-bond acceptors (Lipinski definition) is 18. The topological polar surface area (TPSA) is 347 Å². The third-order valence-corrected chi connectivity index (χ3v) is 12.8. The molecule has 0 aromatic carbocycles. The summed E-state index contributed by atoms with van der Waals surface area (Å²) >= 11 is 0. The van der Waals surface area contributed by atoms with E-state index in [1.807, 2.05) is 0 Å². The van der Waals surface area contributed by atoms with Crippen LogP contribution in [0.25, 0.3) is 11.2 Å². The first-order valence-corrected chi connectivity index (χ1v) is 22.4. The lowest BCUT2D eigenvalue weighted by Crippen LogP contribution is -2.49. The Kier molecular flexibility index (Phi) is 16.5. The van der Waals surface area contributed by atoms with E-state index in [-0.39, 0.29) is 35.9 Å². The highest BCUT2D eigenvalue weighted by Crippen LogP contribution is 2.62. The highest BCUT2D eigenvalue weighted by atomic mass is 33.1. The highest BCUT2D eigenvalue weighted by Gasteiger charge is 2.51. The van der Waals surface area contributed by atoms with Gasteiger partial charge in [0.1, 0.15) is 35.8 Å². The summed E-state index contributed by atoms with van der Waals surface area (Å²) in [6.07, 6.45) is -4.96. The maximum absolute atomic E-state index is 12.7. The summed E-state index contributed by atoms with van der Waals surface area (Å²) in [4.78, 5) is 75.5. The minimum absolute atomic E-state index is 0.0314. The Labute approximate surface area is 305 Å². The number of aliphatic hydroxyl groups excluding tert-OH is 2. The molecule has 1 aliphatic rings. The van der Waals surface area contributed by atoms with Crippen molar-refractivity contribution in [1.82, 2.24) is 30.2 Å². The number of carbonyl (C=O) groups is 2. The van der Waals surface area contributed by atoms with Crippen LogP contribution >= 0.6 is 45.1 Å². The smallest absolute Gasteiger partial charge is 0.386 e. The van der Waals surface area contributed by atoms with Crippen molar-refractivity contribution in [3.63, 3.8) is 0 Å². The molecule has 1 saturated heterocycles. The SMILES string of the molecule is CCCCSSCCNC(=O)CCNC(=O)C(O)C(C)(C)OP(=O)(O)OP(=O)(O)OCC1OC(n2cnc3c(N)ncnc32)C(O)C1OP(=O)(O)O.